The molecule has 0 spiro atoms. The molecule has 0 saturated carbocycles. The Labute approximate surface area is 290 Å². The lowest BCUT2D eigenvalue weighted by molar-refractivity contribution is 0.108. The molecule has 3 atom stereocenters. The zero-order valence-electron chi connectivity index (χ0n) is 26.2. The third-order valence-corrected chi connectivity index (χ3v) is 11.8. The summed E-state index contributed by atoms with van der Waals surface area (Å²) in [6, 6.07) is 5.50. The van der Waals surface area contributed by atoms with Crippen molar-refractivity contribution in [2.24, 2.45) is 0 Å². The van der Waals surface area contributed by atoms with Gasteiger partial charge in [-0.2, -0.15) is 32.8 Å². The lowest BCUT2D eigenvalue weighted by Gasteiger charge is -2.40. The van der Waals surface area contributed by atoms with Crippen LogP contribution in [0.4, 0.5) is 37.2 Å². The maximum atomic E-state index is 17.0. The Morgan fingerprint density at radius 3 is 2.80 bits per heavy atom. The number of nitrogens with one attached hydrogen (secondary N) is 1. The molecule has 2 bridgehead atoms. The predicted molar refractivity (Wildman–Crippen MR) is 179 cm³/mol. The Kier molecular flexibility index (Phi) is 7.94. The van der Waals surface area contributed by atoms with Crippen molar-refractivity contribution in [3.05, 3.63) is 64.2 Å². The van der Waals surface area contributed by atoms with Crippen LogP contribution in [0.1, 0.15) is 37.7 Å². The van der Waals surface area contributed by atoms with Gasteiger partial charge in [0, 0.05) is 53.7 Å². The number of rotatable bonds is 6. The monoisotopic (exact) mass is 731 g/mol. The standard InChI is InChI=1S/C34H28ClF6N7OS/c35-21-8-19-27(26(39)25(21)18-2-3-22(36)28-24(18)20(11-42)30(43)50-28)44-32(49-15-34-5-1-7-48(34)12-16(9-34)29(40)41)45-31(19)47-13-17-4-6-33(14-47,46-17)10-23(37)38/h2-3,8,10,17,46H,1,4-7,9,12-15,43H2/t17-,33-,34-/m0/s1. The molecule has 16 heteroatoms. The lowest BCUT2D eigenvalue weighted by atomic mass is 9.94. The van der Waals surface area contributed by atoms with Gasteiger partial charge in [-0.25, -0.2) is 8.78 Å². The van der Waals surface area contributed by atoms with Crippen LogP contribution in [0.15, 0.2) is 42.0 Å². The summed E-state index contributed by atoms with van der Waals surface area (Å²) in [4.78, 5) is 12.9. The SMILES string of the molecule is N#Cc1c(N)sc2c(F)ccc(-c3c(Cl)cc4c(N5C[C@@H]6CC[C@](C=C(F)F)(C5)N6)nc(OC[C@@]56CCCN5CC(=C(F)F)C6)nc4c3F)c12. The van der Waals surface area contributed by atoms with Crippen LogP contribution in [0.3, 0.4) is 0 Å². The zero-order valence-corrected chi connectivity index (χ0v) is 27.8. The second-order valence-corrected chi connectivity index (χ2v) is 14.9. The molecule has 8 rings (SSSR count). The molecule has 8 nitrogen and oxygen atoms in total. The number of nitriles is 1. The number of hydrogen-bond donors (Lipinski definition) is 2. The van der Waals surface area contributed by atoms with Gasteiger partial charge in [0.2, 0.25) is 0 Å². The van der Waals surface area contributed by atoms with E-state index in [2.05, 4.69) is 15.3 Å². The molecular weight excluding hydrogens is 704 g/mol. The molecule has 4 aliphatic heterocycles. The number of hydrogen-bond acceptors (Lipinski definition) is 9. The molecule has 0 aliphatic carbocycles. The number of piperazine rings is 1. The average molecular weight is 732 g/mol. The van der Waals surface area contributed by atoms with Crippen molar-refractivity contribution in [3.8, 4) is 23.2 Å². The Morgan fingerprint density at radius 1 is 1.22 bits per heavy atom. The quantitative estimate of drug-likeness (QED) is 0.194. The summed E-state index contributed by atoms with van der Waals surface area (Å²) in [5.74, 6) is -1.35. The number of nitrogen functional groups attached to an aromatic ring is 1. The molecule has 50 heavy (non-hydrogen) atoms. The highest BCUT2D eigenvalue weighted by atomic mass is 35.5. The third kappa shape index (κ3) is 5.26. The minimum atomic E-state index is -1.83. The summed E-state index contributed by atoms with van der Waals surface area (Å²) in [6.45, 7) is 1.13. The van der Waals surface area contributed by atoms with Crippen LogP contribution in [-0.2, 0) is 0 Å². The van der Waals surface area contributed by atoms with Gasteiger partial charge in [-0.3, -0.25) is 4.90 Å². The van der Waals surface area contributed by atoms with Crippen LogP contribution in [-0.4, -0.2) is 64.8 Å². The van der Waals surface area contributed by atoms with Crippen molar-refractivity contribution in [1.29, 1.82) is 5.26 Å². The number of anilines is 2. The number of halogens is 7. The molecular formula is C34H28ClF6N7OS. The van der Waals surface area contributed by atoms with E-state index in [0.717, 1.165) is 29.9 Å². The van der Waals surface area contributed by atoms with E-state index < -0.39 is 34.9 Å². The molecule has 0 radical (unpaired) electrons. The number of nitrogens with zero attached hydrogens (tertiary/aromatic N) is 5. The number of thiophene rings is 1. The largest absolute Gasteiger partial charge is 0.461 e. The minimum absolute atomic E-state index is 0.0210. The van der Waals surface area contributed by atoms with E-state index in [9.17, 15) is 27.2 Å². The van der Waals surface area contributed by atoms with Gasteiger partial charge in [0.05, 0.1) is 26.4 Å². The maximum absolute atomic E-state index is 17.0. The first-order valence-corrected chi connectivity index (χ1v) is 17.2. The molecule has 4 fully saturated rings. The van der Waals surface area contributed by atoms with E-state index in [1.165, 1.54) is 12.1 Å². The van der Waals surface area contributed by atoms with Gasteiger partial charge in [0.15, 0.2) is 5.82 Å². The Morgan fingerprint density at radius 2 is 2.04 bits per heavy atom. The molecule has 2 aromatic carbocycles. The van der Waals surface area contributed by atoms with E-state index in [-0.39, 0.29) is 97.3 Å². The Hall–Kier alpha value is -4.10. The summed E-state index contributed by atoms with van der Waals surface area (Å²) in [5, 5.41) is 13.4. The predicted octanol–water partition coefficient (Wildman–Crippen LogP) is 7.76. The molecule has 260 valence electrons. The number of fused-ring (bicyclic) bond motifs is 5. The first-order chi connectivity index (χ1) is 23.9. The van der Waals surface area contributed by atoms with E-state index >= 15 is 4.39 Å². The van der Waals surface area contributed by atoms with Crippen molar-refractivity contribution in [2.75, 3.05) is 43.4 Å². The fraction of sp³-hybridized carbons (Fsp3) is 0.382. The molecule has 0 amide bonds. The van der Waals surface area contributed by atoms with Crippen LogP contribution in [0.25, 0.3) is 32.1 Å². The highest BCUT2D eigenvalue weighted by Gasteiger charge is 2.49. The average Bonchev–Trinajstić information content (AvgIpc) is 3.80. The van der Waals surface area contributed by atoms with Gasteiger partial charge < -0.3 is 20.7 Å². The van der Waals surface area contributed by atoms with E-state index in [4.69, 9.17) is 22.1 Å². The van der Waals surface area contributed by atoms with E-state index in [1.807, 2.05) is 11.0 Å². The summed E-state index contributed by atoms with van der Waals surface area (Å²) in [5.41, 5.74) is 4.06. The normalized spacial score (nSPS) is 24.6. The van der Waals surface area contributed by atoms with Crippen LogP contribution in [0.5, 0.6) is 6.01 Å². The van der Waals surface area contributed by atoms with Gasteiger partial charge in [0.1, 0.15) is 34.8 Å². The zero-order chi connectivity index (χ0) is 35.1. The Bertz CT molecular complexity index is 2200. The van der Waals surface area contributed by atoms with Crippen molar-refractivity contribution >= 4 is 54.7 Å². The van der Waals surface area contributed by atoms with Crippen molar-refractivity contribution < 1.29 is 31.1 Å². The van der Waals surface area contributed by atoms with Crippen LogP contribution in [0, 0.1) is 23.0 Å². The third-order valence-electron chi connectivity index (χ3n) is 10.5. The molecule has 3 N–H and O–H groups in total. The number of aromatic nitrogens is 2. The van der Waals surface area contributed by atoms with Crippen LogP contribution in [0.2, 0.25) is 5.02 Å². The van der Waals surface area contributed by atoms with E-state index in [0.29, 0.717) is 32.4 Å². The van der Waals surface area contributed by atoms with E-state index in [1.54, 1.807) is 4.90 Å². The molecule has 4 aromatic rings. The van der Waals surface area contributed by atoms with Crippen LogP contribution < -0.4 is 20.7 Å². The summed E-state index contributed by atoms with van der Waals surface area (Å²) in [6.07, 6.45) is -0.0743. The lowest BCUT2D eigenvalue weighted by Crippen LogP contribution is -2.59. The molecule has 4 aliphatic rings. The second kappa shape index (κ2) is 12.0. The molecule has 0 unspecified atom stereocenters. The summed E-state index contributed by atoms with van der Waals surface area (Å²) in [7, 11) is 0. The number of nitrogens with two attached hydrogens (primary N) is 1. The molecule has 2 aromatic heterocycles. The number of benzene rings is 2. The number of ether oxygens (including phenoxy) is 1. The van der Waals surface area contributed by atoms with Crippen molar-refractivity contribution in [1.82, 2.24) is 20.2 Å². The second-order valence-electron chi connectivity index (χ2n) is 13.5. The fourth-order valence-corrected chi connectivity index (χ4v) is 9.57. The van der Waals surface area contributed by atoms with Gasteiger partial charge in [-0.1, -0.05) is 17.7 Å². The fourth-order valence-electron chi connectivity index (χ4n) is 8.33. The smallest absolute Gasteiger partial charge is 0.319 e. The highest BCUT2D eigenvalue weighted by Crippen LogP contribution is 2.47. The first kappa shape index (κ1) is 33.1. The first-order valence-electron chi connectivity index (χ1n) is 16.0. The van der Waals surface area contributed by atoms with Crippen molar-refractivity contribution in [2.45, 2.75) is 49.2 Å². The van der Waals surface area contributed by atoms with Gasteiger partial charge in [0.25, 0.3) is 12.2 Å². The van der Waals surface area contributed by atoms with Gasteiger partial charge >= 0.3 is 6.01 Å². The topological polar surface area (TPSA) is 103 Å². The Balaban J connectivity index is 1.29. The molecule has 4 saturated heterocycles. The summed E-state index contributed by atoms with van der Waals surface area (Å²) >= 11 is 7.67. The minimum Gasteiger partial charge on any atom is -0.461 e. The molecule has 6 heterocycles. The van der Waals surface area contributed by atoms with Crippen molar-refractivity contribution in [3.63, 3.8) is 0 Å². The van der Waals surface area contributed by atoms with Crippen LogP contribution >= 0.6 is 22.9 Å². The van der Waals surface area contributed by atoms with Gasteiger partial charge in [-0.15, -0.1) is 11.3 Å². The summed E-state index contributed by atoms with van der Waals surface area (Å²) < 4.78 is 92.7. The maximum Gasteiger partial charge on any atom is 0.319 e. The highest BCUT2D eigenvalue weighted by molar-refractivity contribution is 7.23. The van der Waals surface area contributed by atoms with Gasteiger partial charge in [-0.05, 0) is 56.3 Å².